The maximum Gasteiger partial charge on any atom is 0.269 e. The molecule has 108 valence electrons. The third-order valence-corrected chi connectivity index (χ3v) is 2.92. The summed E-state index contributed by atoms with van der Waals surface area (Å²) in [5.41, 5.74) is 0.598. The van der Waals surface area contributed by atoms with Gasteiger partial charge in [0, 0.05) is 17.7 Å². The molecule has 0 saturated heterocycles. The van der Waals surface area contributed by atoms with Crippen LogP contribution in [0.3, 0.4) is 0 Å². The van der Waals surface area contributed by atoms with Gasteiger partial charge in [0.15, 0.2) is 24.0 Å². The van der Waals surface area contributed by atoms with Gasteiger partial charge in [-0.2, -0.15) is 0 Å². The summed E-state index contributed by atoms with van der Waals surface area (Å²) in [6.45, 7) is 1.26. The topological polar surface area (TPSA) is 69.4 Å². The van der Waals surface area contributed by atoms with Crippen molar-refractivity contribution in [2.24, 2.45) is 0 Å². The minimum absolute atomic E-state index is 0.00487. The number of halogens is 1. The maximum absolute atomic E-state index is 13.7. The van der Waals surface area contributed by atoms with E-state index in [0.717, 1.165) is 0 Å². The molecule has 21 heavy (non-hydrogen) atoms. The number of nitrogens with zero attached hydrogens (tertiary/aromatic N) is 1. The van der Waals surface area contributed by atoms with Gasteiger partial charge in [0.2, 0.25) is 0 Å². The highest BCUT2D eigenvalue weighted by atomic mass is 19.1. The number of nitro groups is 1. The molecule has 0 bridgehead atoms. The number of hydrogen-bond donors (Lipinski definition) is 0. The maximum atomic E-state index is 13.7. The Morgan fingerprint density at radius 3 is 2.52 bits per heavy atom. The number of carbonyl (C=O) groups is 1. The van der Waals surface area contributed by atoms with Crippen LogP contribution in [0.5, 0.6) is 5.75 Å². The van der Waals surface area contributed by atoms with Gasteiger partial charge in [0.1, 0.15) is 0 Å². The van der Waals surface area contributed by atoms with Crippen LogP contribution in [0.15, 0.2) is 42.5 Å². The zero-order valence-corrected chi connectivity index (χ0v) is 11.2. The van der Waals surface area contributed by atoms with Gasteiger partial charge in [-0.3, -0.25) is 14.9 Å². The summed E-state index contributed by atoms with van der Waals surface area (Å²) in [5, 5.41) is 10.5. The molecule has 6 heteroatoms. The fourth-order valence-electron chi connectivity index (χ4n) is 1.73. The molecule has 0 aliphatic heterocycles. The molecule has 0 saturated carbocycles. The van der Waals surface area contributed by atoms with Crippen LogP contribution in [0.2, 0.25) is 0 Å². The second kappa shape index (κ2) is 6.13. The number of rotatable bonds is 5. The SMILES string of the molecule is Cc1cccc(OCC(=O)c2ccc([N+](=O)[O-])cc2)c1F. The Bertz CT molecular complexity index is 683. The summed E-state index contributed by atoms with van der Waals surface area (Å²) >= 11 is 0. The summed E-state index contributed by atoms with van der Waals surface area (Å²) in [5.74, 6) is -0.884. The van der Waals surface area contributed by atoms with Crippen LogP contribution in [-0.4, -0.2) is 17.3 Å². The van der Waals surface area contributed by atoms with E-state index in [4.69, 9.17) is 4.74 Å². The van der Waals surface area contributed by atoms with Gasteiger partial charge >= 0.3 is 0 Å². The molecule has 0 amide bonds. The minimum atomic E-state index is -0.549. The lowest BCUT2D eigenvalue weighted by molar-refractivity contribution is -0.384. The lowest BCUT2D eigenvalue weighted by Crippen LogP contribution is -2.12. The lowest BCUT2D eigenvalue weighted by Gasteiger charge is -2.07. The zero-order chi connectivity index (χ0) is 15.4. The highest BCUT2D eigenvalue weighted by Crippen LogP contribution is 2.20. The van der Waals surface area contributed by atoms with Crippen molar-refractivity contribution in [3.63, 3.8) is 0 Å². The Kier molecular flexibility index (Phi) is 4.27. The van der Waals surface area contributed by atoms with E-state index in [1.54, 1.807) is 19.1 Å². The van der Waals surface area contributed by atoms with Crippen LogP contribution in [0, 0.1) is 22.9 Å². The Labute approximate surface area is 120 Å². The van der Waals surface area contributed by atoms with Gasteiger partial charge in [-0.1, -0.05) is 12.1 Å². The summed E-state index contributed by atoms with van der Waals surface area (Å²) < 4.78 is 18.8. The van der Waals surface area contributed by atoms with E-state index in [9.17, 15) is 19.3 Å². The van der Waals surface area contributed by atoms with Crippen molar-refractivity contribution in [3.05, 3.63) is 69.5 Å². The summed E-state index contributed by atoms with van der Waals surface area (Å²) in [6, 6.07) is 9.82. The molecule has 0 N–H and O–H groups in total. The molecule has 2 rings (SSSR count). The number of Topliss-reactive ketones (excluding diaryl/α,β-unsaturated/α-hetero) is 1. The molecule has 0 unspecified atom stereocenters. The minimum Gasteiger partial charge on any atom is -0.482 e. The standard InChI is InChI=1S/C15H12FNO4/c1-10-3-2-4-14(15(10)16)21-9-13(18)11-5-7-12(8-6-11)17(19)20/h2-8H,9H2,1H3. The molecule has 0 fully saturated rings. The monoisotopic (exact) mass is 289 g/mol. The van der Waals surface area contributed by atoms with Crippen molar-refractivity contribution < 1.29 is 18.8 Å². The largest absolute Gasteiger partial charge is 0.482 e. The number of ketones is 1. The van der Waals surface area contributed by atoms with Gasteiger partial charge < -0.3 is 4.74 Å². The van der Waals surface area contributed by atoms with Gasteiger partial charge in [0.25, 0.3) is 5.69 Å². The number of hydrogen-bond acceptors (Lipinski definition) is 4. The first kappa shape index (κ1) is 14.6. The molecular weight excluding hydrogens is 277 g/mol. The highest BCUT2D eigenvalue weighted by molar-refractivity contribution is 5.97. The van der Waals surface area contributed by atoms with Crippen LogP contribution >= 0.6 is 0 Å². The molecular formula is C15H12FNO4. The fraction of sp³-hybridized carbons (Fsp3) is 0.133. The van der Waals surface area contributed by atoms with E-state index in [-0.39, 0.29) is 29.4 Å². The first-order valence-corrected chi connectivity index (χ1v) is 6.14. The van der Waals surface area contributed by atoms with E-state index in [0.29, 0.717) is 5.56 Å². The lowest BCUT2D eigenvalue weighted by atomic mass is 10.1. The molecule has 0 atom stereocenters. The first-order valence-electron chi connectivity index (χ1n) is 6.14. The van der Waals surface area contributed by atoms with Crippen molar-refractivity contribution >= 4 is 11.5 Å². The number of ether oxygens (including phenoxy) is 1. The van der Waals surface area contributed by atoms with Gasteiger partial charge in [0.05, 0.1) is 4.92 Å². The average Bonchev–Trinajstić information content (AvgIpc) is 2.48. The van der Waals surface area contributed by atoms with Crippen molar-refractivity contribution in [2.45, 2.75) is 6.92 Å². The Morgan fingerprint density at radius 2 is 1.90 bits per heavy atom. The number of benzene rings is 2. The third-order valence-electron chi connectivity index (χ3n) is 2.92. The van der Waals surface area contributed by atoms with Gasteiger partial charge in [-0.15, -0.1) is 0 Å². The van der Waals surface area contributed by atoms with E-state index in [1.807, 2.05) is 0 Å². The Balaban J connectivity index is 2.04. The summed E-state index contributed by atoms with van der Waals surface area (Å²) in [4.78, 5) is 21.8. The van der Waals surface area contributed by atoms with E-state index in [1.165, 1.54) is 30.3 Å². The van der Waals surface area contributed by atoms with E-state index >= 15 is 0 Å². The first-order chi connectivity index (χ1) is 9.99. The Morgan fingerprint density at radius 1 is 1.24 bits per heavy atom. The molecule has 0 radical (unpaired) electrons. The normalized spacial score (nSPS) is 10.2. The molecule has 0 spiro atoms. The van der Waals surface area contributed by atoms with Crippen molar-refractivity contribution in [1.29, 1.82) is 0 Å². The van der Waals surface area contributed by atoms with Gasteiger partial charge in [-0.05, 0) is 30.7 Å². The predicted octanol–water partition coefficient (Wildman–Crippen LogP) is 3.30. The van der Waals surface area contributed by atoms with Crippen LogP contribution in [0.25, 0.3) is 0 Å². The van der Waals surface area contributed by atoms with E-state index in [2.05, 4.69) is 0 Å². The van der Waals surface area contributed by atoms with Crippen molar-refractivity contribution in [2.75, 3.05) is 6.61 Å². The molecule has 0 aromatic heterocycles. The molecule has 5 nitrogen and oxygen atoms in total. The van der Waals surface area contributed by atoms with Crippen LogP contribution in [0.1, 0.15) is 15.9 Å². The molecule has 2 aromatic rings. The summed E-state index contributed by atoms with van der Waals surface area (Å²) in [7, 11) is 0. The van der Waals surface area contributed by atoms with Crippen LogP contribution in [0.4, 0.5) is 10.1 Å². The average molecular weight is 289 g/mol. The third kappa shape index (κ3) is 3.42. The molecule has 0 aliphatic carbocycles. The highest BCUT2D eigenvalue weighted by Gasteiger charge is 2.12. The quantitative estimate of drug-likeness (QED) is 0.481. The van der Waals surface area contributed by atoms with Crippen molar-refractivity contribution in [3.8, 4) is 5.75 Å². The Hall–Kier alpha value is -2.76. The smallest absolute Gasteiger partial charge is 0.269 e. The second-order valence-corrected chi connectivity index (χ2v) is 4.40. The number of aryl methyl sites for hydroxylation is 1. The summed E-state index contributed by atoms with van der Waals surface area (Å²) in [6.07, 6.45) is 0. The molecule has 0 heterocycles. The van der Waals surface area contributed by atoms with Gasteiger partial charge in [-0.25, -0.2) is 4.39 Å². The zero-order valence-electron chi connectivity index (χ0n) is 11.2. The second-order valence-electron chi connectivity index (χ2n) is 4.40. The van der Waals surface area contributed by atoms with Crippen molar-refractivity contribution in [1.82, 2.24) is 0 Å². The van der Waals surface area contributed by atoms with E-state index < -0.39 is 10.7 Å². The fourth-order valence-corrected chi connectivity index (χ4v) is 1.73. The number of nitro benzene ring substituents is 1. The molecule has 0 aliphatic rings. The van der Waals surface area contributed by atoms with Crippen LogP contribution in [-0.2, 0) is 0 Å². The number of non-ortho nitro benzene ring substituents is 1. The molecule has 2 aromatic carbocycles. The number of carbonyl (C=O) groups excluding carboxylic acids is 1. The van der Waals surface area contributed by atoms with Crippen LogP contribution < -0.4 is 4.74 Å². The predicted molar refractivity (Wildman–Crippen MR) is 74.1 cm³/mol.